The van der Waals surface area contributed by atoms with E-state index in [-0.39, 0.29) is 0 Å². The van der Waals surface area contributed by atoms with Gasteiger partial charge >= 0.3 is 0 Å². The predicted molar refractivity (Wildman–Crippen MR) is 79.8 cm³/mol. The zero-order valence-corrected chi connectivity index (χ0v) is 12.1. The maximum absolute atomic E-state index is 5.90. The van der Waals surface area contributed by atoms with Gasteiger partial charge in [0.25, 0.3) is 0 Å². The third-order valence-electron chi connectivity index (χ3n) is 3.90. The highest BCUT2D eigenvalue weighted by atomic mass is 35.5. The van der Waals surface area contributed by atoms with E-state index in [0.29, 0.717) is 5.88 Å². The van der Waals surface area contributed by atoms with Crippen LogP contribution >= 0.6 is 11.6 Å². The van der Waals surface area contributed by atoms with Crippen molar-refractivity contribution in [1.82, 2.24) is 14.5 Å². The Balaban J connectivity index is 1.83. The number of benzene rings is 1. The molecule has 1 aromatic heterocycles. The Morgan fingerprint density at radius 2 is 2.16 bits per heavy atom. The molecule has 1 aliphatic rings. The molecule has 0 bridgehead atoms. The molecule has 1 fully saturated rings. The molecule has 1 aromatic carbocycles. The van der Waals surface area contributed by atoms with Gasteiger partial charge in [0, 0.05) is 31.4 Å². The minimum absolute atomic E-state index is 0.627. The maximum atomic E-state index is 5.90. The zero-order chi connectivity index (χ0) is 13.2. The Kier molecular flexibility index (Phi) is 3.76. The quantitative estimate of drug-likeness (QED) is 0.757. The van der Waals surface area contributed by atoms with Crippen LogP contribution in [-0.2, 0) is 13.0 Å². The van der Waals surface area contributed by atoms with Gasteiger partial charge in [-0.05, 0) is 32.0 Å². The van der Waals surface area contributed by atoms with Crippen molar-refractivity contribution < 1.29 is 0 Å². The summed E-state index contributed by atoms with van der Waals surface area (Å²) >= 11 is 5.90. The van der Waals surface area contributed by atoms with E-state index in [1.54, 1.807) is 0 Å². The van der Waals surface area contributed by atoms with E-state index < -0.39 is 0 Å². The number of halogens is 1. The molecule has 0 atom stereocenters. The third kappa shape index (κ3) is 2.77. The average Bonchev–Trinajstić information content (AvgIpc) is 3.20. The first-order chi connectivity index (χ1) is 9.29. The molecular formula is C15H20ClN3. The van der Waals surface area contributed by atoms with Crippen LogP contribution in [0.3, 0.4) is 0 Å². The number of aromatic nitrogens is 2. The number of alkyl halides is 1. The second-order valence-corrected chi connectivity index (χ2v) is 5.70. The van der Waals surface area contributed by atoms with Crippen LogP contribution in [0.4, 0.5) is 0 Å². The molecule has 0 amide bonds. The van der Waals surface area contributed by atoms with Gasteiger partial charge in [0.1, 0.15) is 5.82 Å². The molecule has 1 heterocycles. The van der Waals surface area contributed by atoms with Crippen molar-refractivity contribution in [2.75, 3.05) is 19.5 Å². The first kappa shape index (κ1) is 12.9. The van der Waals surface area contributed by atoms with Crippen molar-refractivity contribution in [2.45, 2.75) is 31.8 Å². The van der Waals surface area contributed by atoms with E-state index >= 15 is 0 Å². The molecule has 4 heteroatoms. The molecule has 0 radical (unpaired) electrons. The fraction of sp³-hybridized carbons (Fsp3) is 0.533. The zero-order valence-electron chi connectivity index (χ0n) is 11.3. The number of rotatable bonds is 6. The Bertz CT molecular complexity index is 560. The highest BCUT2D eigenvalue weighted by Crippen LogP contribution is 2.25. The number of likely N-dealkylation sites (N-methyl/N-ethyl adjacent to an activating group) is 1. The molecule has 0 spiro atoms. The number of nitrogens with zero attached hydrogens (tertiary/aromatic N) is 3. The summed E-state index contributed by atoms with van der Waals surface area (Å²) in [5.74, 6) is 1.74. The Labute approximate surface area is 119 Å². The molecule has 0 N–H and O–H groups in total. The van der Waals surface area contributed by atoms with Crippen molar-refractivity contribution in [1.29, 1.82) is 0 Å². The molecule has 3 rings (SSSR count). The van der Waals surface area contributed by atoms with Gasteiger partial charge in [0.05, 0.1) is 11.0 Å². The van der Waals surface area contributed by atoms with Gasteiger partial charge in [-0.2, -0.15) is 0 Å². The maximum Gasteiger partial charge on any atom is 0.111 e. The molecule has 102 valence electrons. The van der Waals surface area contributed by atoms with E-state index in [2.05, 4.69) is 34.7 Å². The lowest BCUT2D eigenvalue weighted by Crippen LogP contribution is -2.25. The first-order valence-corrected chi connectivity index (χ1v) is 7.53. The Morgan fingerprint density at radius 1 is 1.37 bits per heavy atom. The number of imidazole rings is 1. The van der Waals surface area contributed by atoms with Crippen molar-refractivity contribution in [3.05, 3.63) is 30.1 Å². The fourth-order valence-electron chi connectivity index (χ4n) is 2.61. The molecule has 3 nitrogen and oxygen atoms in total. The molecule has 2 aromatic rings. The second-order valence-electron chi connectivity index (χ2n) is 5.32. The Hall–Kier alpha value is -1.06. The summed E-state index contributed by atoms with van der Waals surface area (Å²) in [5.41, 5.74) is 2.31. The van der Waals surface area contributed by atoms with Gasteiger partial charge in [0.15, 0.2) is 0 Å². The van der Waals surface area contributed by atoms with Crippen molar-refractivity contribution in [3.8, 4) is 0 Å². The van der Waals surface area contributed by atoms with E-state index in [9.17, 15) is 0 Å². The van der Waals surface area contributed by atoms with Crippen molar-refractivity contribution in [3.63, 3.8) is 0 Å². The van der Waals surface area contributed by atoms with Crippen LogP contribution in [0.2, 0.25) is 0 Å². The summed E-state index contributed by atoms with van der Waals surface area (Å²) in [5, 5.41) is 0. The summed E-state index contributed by atoms with van der Waals surface area (Å²) in [6, 6.07) is 9.16. The normalized spacial score (nSPS) is 15.5. The minimum atomic E-state index is 0.627. The van der Waals surface area contributed by atoms with E-state index in [1.165, 1.54) is 18.4 Å². The molecule has 0 aliphatic heterocycles. The SMILES string of the molecule is CN(CCn1c(CCCl)nc2ccccc21)C1CC1. The van der Waals surface area contributed by atoms with E-state index in [0.717, 1.165) is 36.9 Å². The number of fused-ring (bicyclic) bond motifs is 1. The highest BCUT2D eigenvalue weighted by Gasteiger charge is 2.25. The molecular weight excluding hydrogens is 258 g/mol. The average molecular weight is 278 g/mol. The fourth-order valence-corrected chi connectivity index (χ4v) is 2.77. The van der Waals surface area contributed by atoms with Gasteiger partial charge in [-0.15, -0.1) is 11.6 Å². The monoisotopic (exact) mass is 277 g/mol. The molecule has 1 aliphatic carbocycles. The Morgan fingerprint density at radius 3 is 2.89 bits per heavy atom. The lowest BCUT2D eigenvalue weighted by molar-refractivity contribution is 0.309. The number of aryl methyl sites for hydroxylation is 1. The van der Waals surface area contributed by atoms with Crippen LogP contribution in [0.5, 0.6) is 0 Å². The van der Waals surface area contributed by atoms with Gasteiger partial charge in [-0.25, -0.2) is 4.98 Å². The summed E-state index contributed by atoms with van der Waals surface area (Å²) < 4.78 is 2.33. The second kappa shape index (κ2) is 5.51. The summed E-state index contributed by atoms with van der Waals surface area (Å²) in [6.07, 6.45) is 3.55. The number of hydrogen-bond acceptors (Lipinski definition) is 2. The smallest absolute Gasteiger partial charge is 0.111 e. The van der Waals surface area contributed by atoms with Crippen LogP contribution in [0.15, 0.2) is 24.3 Å². The molecule has 1 saturated carbocycles. The lowest BCUT2D eigenvalue weighted by Gasteiger charge is -2.17. The van der Waals surface area contributed by atoms with Crippen LogP contribution in [0, 0.1) is 0 Å². The molecule has 19 heavy (non-hydrogen) atoms. The summed E-state index contributed by atoms with van der Waals surface area (Å²) in [4.78, 5) is 7.16. The number of para-hydroxylation sites is 2. The predicted octanol–water partition coefficient (Wildman–Crippen LogP) is 2.91. The minimum Gasteiger partial charge on any atom is -0.327 e. The van der Waals surface area contributed by atoms with E-state index in [4.69, 9.17) is 16.6 Å². The largest absolute Gasteiger partial charge is 0.327 e. The van der Waals surface area contributed by atoms with Crippen LogP contribution in [0.1, 0.15) is 18.7 Å². The first-order valence-electron chi connectivity index (χ1n) is 7.00. The van der Waals surface area contributed by atoms with Crippen molar-refractivity contribution >= 4 is 22.6 Å². The van der Waals surface area contributed by atoms with Gasteiger partial charge < -0.3 is 9.47 Å². The van der Waals surface area contributed by atoms with Crippen LogP contribution in [0.25, 0.3) is 11.0 Å². The summed E-state index contributed by atoms with van der Waals surface area (Å²) in [7, 11) is 2.22. The highest BCUT2D eigenvalue weighted by molar-refractivity contribution is 6.17. The topological polar surface area (TPSA) is 21.1 Å². The van der Waals surface area contributed by atoms with Crippen LogP contribution in [-0.4, -0.2) is 40.0 Å². The standard InChI is InChI=1S/C15H20ClN3/c1-18(12-6-7-12)10-11-19-14-5-3-2-4-13(14)17-15(19)8-9-16/h2-5,12H,6-11H2,1H3. The van der Waals surface area contributed by atoms with Gasteiger partial charge in [0.2, 0.25) is 0 Å². The number of hydrogen-bond donors (Lipinski definition) is 0. The lowest BCUT2D eigenvalue weighted by atomic mass is 10.3. The van der Waals surface area contributed by atoms with Gasteiger partial charge in [-0.3, -0.25) is 0 Å². The molecule has 0 unspecified atom stereocenters. The molecule has 0 saturated heterocycles. The summed E-state index contributed by atoms with van der Waals surface area (Å²) in [6.45, 7) is 2.08. The van der Waals surface area contributed by atoms with Crippen molar-refractivity contribution in [2.24, 2.45) is 0 Å². The van der Waals surface area contributed by atoms with Crippen LogP contribution < -0.4 is 0 Å². The van der Waals surface area contributed by atoms with E-state index in [1.807, 2.05) is 6.07 Å². The van der Waals surface area contributed by atoms with Gasteiger partial charge in [-0.1, -0.05) is 12.1 Å². The third-order valence-corrected chi connectivity index (χ3v) is 4.09.